The number of para-hydroxylation sites is 2. The summed E-state index contributed by atoms with van der Waals surface area (Å²) in [6, 6.07) is 25.1. The quantitative estimate of drug-likeness (QED) is 0.687. The Hall–Kier alpha value is -3.60. The summed E-state index contributed by atoms with van der Waals surface area (Å²) < 4.78 is 5.61. The van der Waals surface area contributed by atoms with Gasteiger partial charge in [0.1, 0.15) is 5.75 Å². The van der Waals surface area contributed by atoms with E-state index < -0.39 is 6.10 Å². The molecule has 0 saturated heterocycles. The van der Waals surface area contributed by atoms with Crippen LogP contribution in [-0.4, -0.2) is 17.9 Å². The van der Waals surface area contributed by atoms with Crippen molar-refractivity contribution in [3.63, 3.8) is 0 Å². The second kappa shape index (κ2) is 8.67. The molecule has 27 heavy (non-hydrogen) atoms. The average molecular weight is 360 g/mol. The summed E-state index contributed by atoms with van der Waals surface area (Å²) in [5.74, 6) is 0.0847. The van der Waals surface area contributed by atoms with Gasteiger partial charge in [0.05, 0.1) is 0 Å². The lowest BCUT2D eigenvalue weighted by molar-refractivity contribution is -0.122. The zero-order valence-electron chi connectivity index (χ0n) is 14.9. The van der Waals surface area contributed by atoms with Gasteiger partial charge in [-0.05, 0) is 49.4 Å². The van der Waals surface area contributed by atoms with Crippen molar-refractivity contribution in [1.82, 2.24) is 0 Å². The summed E-state index contributed by atoms with van der Waals surface area (Å²) in [4.78, 5) is 24.7. The van der Waals surface area contributed by atoms with Crippen LogP contribution in [0.5, 0.6) is 5.75 Å². The molecule has 0 radical (unpaired) electrons. The second-order valence-electron chi connectivity index (χ2n) is 5.96. The highest BCUT2D eigenvalue weighted by Gasteiger charge is 2.15. The number of hydrogen-bond acceptors (Lipinski definition) is 3. The standard InChI is InChI=1S/C22H20N2O3/c1-16(27-20-13-6-3-7-14-20)21(25)24-19-12-8-9-17(15-19)22(26)23-18-10-4-2-5-11-18/h2-16H,1H3,(H,23,26)(H,24,25). The van der Waals surface area contributed by atoms with Crippen LogP contribution in [0.15, 0.2) is 84.9 Å². The molecule has 0 aromatic heterocycles. The maximum Gasteiger partial charge on any atom is 0.265 e. The van der Waals surface area contributed by atoms with Gasteiger partial charge in [0.25, 0.3) is 11.8 Å². The van der Waals surface area contributed by atoms with Crippen molar-refractivity contribution in [2.45, 2.75) is 13.0 Å². The molecule has 2 amide bonds. The molecule has 5 heteroatoms. The maximum absolute atomic E-state index is 12.4. The van der Waals surface area contributed by atoms with Crippen molar-refractivity contribution in [3.8, 4) is 5.75 Å². The number of amides is 2. The Morgan fingerprint density at radius 3 is 2.11 bits per heavy atom. The predicted octanol–water partition coefficient (Wildman–Crippen LogP) is 4.34. The van der Waals surface area contributed by atoms with Crippen molar-refractivity contribution < 1.29 is 14.3 Å². The highest BCUT2D eigenvalue weighted by molar-refractivity contribution is 6.05. The first kappa shape index (κ1) is 18.2. The first-order chi connectivity index (χ1) is 13.1. The van der Waals surface area contributed by atoms with Gasteiger partial charge in [0, 0.05) is 16.9 Å². The SMILES string of the molecule is CC(Oc1ccccc1)C(=O)Nc1cccc(C(=O)Nc2ccccc2)c1. The molecule has 0 aliphatic carbocycles. The van der Waals surface area contributed by atoms with Crippen molar-refractivity contribution in [2.24, 2.45) is 0 Å². The topological polar surface area (TPSA) is 67.4 Å². The van der Waals surface area contributed by atoms with Crippen LogP contribution >= 0.6 is 0 Å². The fourth-order valence-corrected chi connectivity index (χ4v) is 2.46. The molecule has 0 fully saturated rings. The lowest BCUT2D eigenvalue weighted by Crippen LogP contribution is -2.30. The minimum absolute atomic E-state index is 0.245. The van der Waals surface area contributed by atoms with E-state index in [4.69, 9.17) is 4.74 Å². The van der Waals surface area contributed by atoms with Gasteiger partial charge in [-0.2, -0.15) is 0 Å². The molecule has 1 unspecified atom stereocenters. The van der Waals surface area contributed by atoms with E-state index in [0.717, 1.165) is 0 Å². The number of carbonyl (C=O) groups excluding carboxylic acids is 2. The van der Waals surface area contributed by atoms with Gasteiger partial charge in [0.15, 0.2) is 6.10 Å². The number of anilines is 2. The van der Waals surface area contributed by atoms with E-state index in [2.05, 4.69) is 10.6 Å². The highest BCUT2D eigenvalue weighted by Crippen LogP contribution is 2.15. The zero-order valence-corrected chi connectivity index (χ0v) is 14.9. The second-order valence-corrected chi connectivity index (χ2v) is 5.96. The largest absolute Gasteiger partial charge is 0.481 e. The molecular weight excluding hydrogens is 340 g/mol. The fraction of sp³-hybridized carbons (Fsp3) is 0.0909. The van der Waals surface area contributed by atoms with Gasteiger partial charge in [-0.1, -0.05) is 42.5 Å². The zero-order chi connectivity index (χ0) is 19.1. The normalized spacial score (nSPS) is 11.3. The summed E-state index contributed by atoms with van der Waals surface area (Å²) in [7, 11) is 0. The number of benzene rings is 3. The molecule has 0 aliphatic heterocycles. The predicted molar refractivity (Wildman–Crippen MR) is 106 cm³/mol. The summed E-state index contributed by atoms with van der Waals surface area (Å²) in [5, 5.41) is 5.59. The molecular formula is C22H20N2O3. The van der Waals surface area contributed by atoms with E-state index in [0.29, 0.717) is 22.7 Å². The van der Waals surface area contributed by atoms with Gasteiger partial charge < -0.3 is 15.4 Å². The van der Waals surface area contributed by atoms with Crippen LogP contribution in [0.4, 0.5) is 11.4 Å². The van der Waals surface area contributed by atoms with E-state index in [-0.39, 0.29) is 11.8 Å². The summed E-state index contributed by atoms with van der Waals surface area (Å²) in [6.07, 6.45) is -0.672. The Bertz CT molecular complexity index is 911. The number of hydrogen-bond donors (Lipinski definition) is 2. The molecule has 0 heterocycles. The Kier molecular flexibility index (Phi) is 5.84. The van der Waals surface area contributed by atoms with Crippen LogP contribution in [-0.2, 0) is 4.79 Å². The molecule has 3 aromatic rings. The van der Waals surface area contributed by atoms with Crippen LogP contribution in [0.25, 0.3) is 0 Å². The first-order valence-electron chi connectivity index (χ1n) is 8.61. The molecule has 0 saturated carbocycles. The fourth-order valence-electron chi connectivity index (χ4n) is 2.46. The van der Waals surface area contributed by atoms with Gasteiger partial charge >= 0.3 is 0 Å². The van der Waals surface area contributed by atoms with E-state index >= 15 is 0 Å². The minimum atomic E-state index is -0.672. The lowest BCUT2D eigenvalue weighted by atomic mass is 10.1. The molecule has 2 N–H and O–H groups in total. The van der Waals surface area contributed by atoms with Crippen molar-refractivity contribution in [3.05, 3.63) is 90.5 Å². The number of carbonyl (C=O) groups is 2. The van der Waals surface area contributed by atoms with Crippen LogP contribution in [0, 0.1) is 0 Å². The Morgan fingerprint density at radius 1 is 0.778 bits per heavy atom. The third-order valence-electron chi connectivity index (χ3n) is 3.85. The van der Waals surface area contributed by atoms with Crippen molar-refractivity contribution in [2.75, 3.05) is 10.6 Å². The molecule has 0 spiro atoms. The third kappa shape index (κ3) is 5.19. The maximum atomic E-state index is 12.4. The number of rotatable bonds is 6. The van der Waals surface area contributed by atoms with Crippen LogP contribution in [0.3, 0.4) is 0 Å². The molecule has 136 valence electrons. The van der Waals surface area contributed by atoms with Crippen LogP contribution in [0.2, 0.25) is 0 Å². The Morgan fingerprint density at radius 2 is 1.41 bits per heavy atom. The Balaban J connectivity index is 1.63. The van der Waals surface area contributed by atoms with Gasteiger partial charge in [-0.25, -0.2) is 0 Å². The monoisotopic (exact) mass is 360 g/mol. The van der Waals surface area contributed by atoms with E-state index in [1.165, 1.54) is 0 Å². The molecule has 5 nitrogen and oxygen atoms in total. The third-order valence-corrected chi connectivity index (χ3v) is 3.85. The van der Waals surface area contributed by atoms with Gasteiger partial charge in [0.2, 0.25) is 0 Å². The average Bonchev–Trinajstić information content (AvgIpc) is 2.69. The molecule has 0 aliphatic rings. The summed E-state index contributed by atoms with van der Waals surface area (Å²) in [5.41, 5.74) is 1.69. The summed E-state index contributed by atoms with van der Waals surface area (Å²) >= 11 is 0. The molecule has 3 aromatic carbocycles. The van der Waals surface area contributed by atoms with E-state index in [9.17, 15) is 9.59 Å². The van der Waals surface area contributed by atoms with E-state index in [1.807, 2.05) is 48.5 Å². The molecule has 0 bridgehead atoms. The smallest absolute Gasteiger partial charge is 0.265 e. The first-order valence-corrected chi connectivity index (χ1v) is 8.61. The van der Waals surface area contributed by atoms with Crippen molar-refractivity contribution in [1.29, 1.82) is 0 Å². The number of nitrogens with one attached hydrogen (secondary N) is 2. The molecule has 3 rings (SSSR count). The Labute approximate surface area is 158 Å². The summed E-state index contributed by atoms with van der Waals surface area (Å²) in [6.45, 7) is 1.67. The van der Waals surface area contributed by atoms with Gasteiger partial charge in [-0.15, -0.1) is 0 Å². The lowest BCUT2D eigenvalue weighted by Gasteiger charge is -2.15. The van der Waals surface area contributed by atoms with E-state index in [1.54, 1.807) is 43.3 Å². The van der Waals surface area contributed by atoms with Crippen molar-refractivity contribution >= 4 is 23.2 Å². The number of ether oxygens (including phenoxy) is 1. The minimum Gasteiger partial charge on any atom is -0.481 e. The van der Waals surface area contributed by atoms with Gasteiger partial charge in [-0.3, -0.25) is 9.59 Å². The van der Waals surface area contributed by atoms with Crippen LogP contribution in [0.1, 0.15) is 17.3 Å². The molecule has 1 atom stereocenters. The van der Waals surface area contributed by atoms with Crippen LogP contribution < -0.4 is 15.4 Å². The highest BCUT2D eigenvalue weighted by atomic mass is 16.5.